The number of carbonyl (C=O) groups is 3. The van der Waals surface area contributed by atoms with Crippen LogP contribution in [0.25, 0.3) is 0 Å². The van der Waals surface area contributed by atoms with E-state index in [1.807, 2.05) is 4.90 Å². The normalized spacial score (nSPS) is 19.4. The highest BCUT2D eigenvalue weighted by Crippen LogP contribution is 2.32. The fourth-order valence-electron chi connectivity index (χ4n) is 5.52. The molecule has 1 heterocycles. The van der Waals surface area contributed by atoms with Crippen LogP contribution in [-0.4, -0.2) is 72.9 Å². The Labute approximate surface area is 255 Å². The smallest absolute Gasteiger partial charge is 0.404 e. The number of rotatable bonds is 9. The number of nitrogens with zero attached hydrogens (tertiary/aromatic N) is 2. The van der Waals surface area contributed by atoms with Crippen LogP contribution in [0.4, 0.5) is 38.1 Å². The third-order valence-electron chi connectivity index (χ3n) is 7.87. The number of hydrogen-bond donors (Lipinski definition) is 4. The first kappa shape index (κ1) is 33.2. The fourth-order valence-corrected chi connectivity index (χ4v) is 5.69. The second-order valence-corrected chi connectivity index (χ2v) is 11.4. The maximum atomic E-state index is 15.1. The van der Waals surface area contributed by atoms with Crippen molar-refractivity contribution in [2.75, 3.05) is 42.9 Å². The summed E-state index contributed by atoms with van der Waals surface area (Å²) in [5.41, 5.74) is 0.0248. The predicted molar refractivity (Wildman–Crippen MR) is 154 cm³/mol. The van der Waals surface area contributed by atoms with Crippen molar-refractivity contribution in [2.45, 2.75) is 50.9 Å². The number of anilines is 2. The van der Waals surface area contributed by atoms with Crippen LogP contribution in [0.15, 0.2) is 30.3 Å². The van der Waals surface area contributed by atoms with Crippen LogP contribution in [0.3, 0.4) is 0 Å². The SMILES string of the molecule is O=C(O)NC1CCCC(C(=O)NCc2ccc(C(=O)Nc3ccc(Cl)cc3N3CCN(CCC(F)(F)F)CC3)c(F)c2F)C1. The summed E-state index contributed by atoms with van der Waals surface area (Å²) in [4.78, 5) is 40.1. The van der Waals surface area contributed by atoms with E-state index in [0.717, 1.165) is 6.07 Å². The summed E-state index contributed by atoms with van der Waals surface area (Å²) in [6.45, 7) is 0.993. The zero-order valence-corrected chi connectivity index (χ0v) is 24.4. The molecular formula is C29H33ClF5N5O4. The quantitative estimate of drug-likeness (QED) is 0.272. The van der Waals surface area contributed by atoms with Gasteiger partial charge in [0, 0.05) is 61.8 Å². The molecule has 2 aromatic carbocycles. The first-order valence-corrected chi connectivity index (χ1v) is 14.6. The zero-order valence-electron chi connectivity index (χ0n) is 23.7. The van der Waals surface area contributed by atoms with Gasteiger partial charge in [0.25, 0.3) is 5.91 Å². The lowest BCUT2D eigenvalue weighted by atomic mass is 9.85. The molecule has 1 saturated heterocycles. The zero-order chi connectivity index (χ0) is 32.0. The summed E-state index contributed by atoms with van der Waals surface area (Å²) in [6.07, 6.45) is -4.24. The van der Waals surface area contributed by atoms with E-state index in [4.69, 9.17) is 16.7 Å². The number of benzene rings is 2. The predicted octanol–water partition coefficient (Wildman–Crippen LogP) is 5.39. The molecule has 1 aliphatic heterocycles. The molecule has 15 heteroatoms. The highest BCUT2D eigenvalue weighted by atomic mass is 35.5. The molecule has 0 radical (unpaired) electrons. The summed E-state index contributed by atoms with van der Waals surface area (Å²) in [5, 5.41) is 16.8. The molecule has 0 spiro atoms. The van der Waals surface area contributed by atoms with Crippen LogP contribution >= 0.6 is 11.6 Å². The molecule has 3 amide bonds. The number of alkyl halides is 3. The summed E-state index contributed by atoms with van der Waals surface area (Å²) >= 11 is 6.17. The summed E-state index contributed by atoms with van der Waals surface area (Å²) in [6, 6.07) is 6.54. The number of nitrogens with one attached hydrogen (secondary N) is 3. The molecule has 9 nitrogen and oxygen atoms in total. The summed E-state index contributed by atoms with van der Waals surface area (Å²) < 4.78 is 67.8. The molecule has 4 N–H and O–H groups in total. The van der Waals surface area contributed by atoms with E-state index in [1.54, 1.807) is 11.0 Å². The third kappa shape index (κ3) is 8.94. The molecular weight excluding hydrogens is 613 g/mol. The van der Waals surface area contributed by atoms with Gasteiger partial charge in [-0.25, -0.2) is 13.6 Å². The van der Waals surface area contributed by atoms with Crippen LogP contribution in [0.5, 0.6) is 0 Å². The van der Waals surface area contributed by atoms with E-state index in [-0.39, 0.29) is 30.4 Å². The van der Waals surface area contributed by atoms with Gasteiger partial charge in [-0.1, -0.05) is 24.1 Å². The third-order valence-corrected chi connectivity index (χ3v) is 8.10. The van der Waals surface area contributed by atoms with Crippen molar-refractivity contribution in [3.63, 3.8) is 0 Å². The lowest BCUT2D eigenvalue weighted by Gasteiger charge is -2.37. The van der Waals surface area contributed by atoms with Gasteiger partial charge in [0.05, 0.1) is 23.4 Å². The van der Waals surface area contributed by atoms with Gasteiger partial charge in [-0.2, -0.15) is 13.2 Å². The second-order valence-electron chi connectivity index (χ2n) is 10.9. The molecule has 2 unspecified atom stereocenters. The second kappa shape index (κ2) is 14.4. The van der Waals surface area contributed by atoms with E-state index in [0.29, 0.717) is 62.6 Å². The minimum absolute atomic E-state index is 0.119. The van der Waals surface area contributed by atoms with Gasteiger partial charge in [0.15, 0.2) is 11.6 Å². The molecule has 2 atom stereocenters. The van der Waals surface area contributed by atoms with Crippen LogP contribution in [0.1, 0.15) is 48.0 Å². The first-order chi connectivity index (χ1) is 20.8. The Bertz CT molecular complexity index is 1370. The largest absolute Gasteiger partial charge is 0.465 e. The van der Waals surface area contributed by atoms with Crippen molar-refractivity contribution in [2.24, 2.45) is 5.92 Å². The van der Waals surface area contributed by atoms with Crippen LogP contribution in [0, 0.1) is 17.6 Å². The van der Waals surface area contributed by atoms with Crippen LogP contribution in [0.2, 0.25) is 5.02 Å². The molecule has 2 aromatic rings. The van der Waals surface area contributed by atoms with Gasteiger partial charge < -0.3 is 26.0 Å². The monoisotopic (exact) mass is 645 g/mol. The molecule has 0 bridgehead atoms. The van der Waals surface area contributed by atoms with Gasteiger partial charge in [-0.3, -0.25) is 14.5 Å². The van der Waals surface area contributed by atoms with E-state index in [2.05, 4.69) is 16.0 Å². The van der Waals surface area contributed by atoms with Crippen molar-refractivity contribution in [1.82, 2.24) is 15.5 Å². The Morgan fingerprint density at radius 3 is 2.41 bits per heavy atom. The summed E-state index contributed by atoms with van der Waals surface area (Å²) in [7, 11) is 0. The van der Waals surface area contributed by atoms with Crippen molar-refractivity contribution in [1.29, 1.82) is 0 Å². The Morgan fingerprint density at radius 1 is 1.00 bits per heavy atom. The van der Waals surface area contributed by atoms with E-state index < -0.39 is 53.6 Å². The van der Waals surface area contributed by atoms with Crippen molar-refractivity contribution < 1.29 is 41.4 Å². The molecule has 1 aliphatic carbocycles. The number of hydrogen-bond acceptors (Lipinski definition) is 5. The maximum Gasteiger partial charge on any atom is 0.404 e. The molecule has 2 fully saturated rings. The van der Waals surface area contributed by atoms with Gasteiger partial charge in [0.2, 0.25) is 5.91 Å². The number of amides is 3. The van der Waals surface area contributed by atoms with Crippen molar-refractivity contribution in [3.8, 4) is 0 Å². The van der Waals surface area contributed by atoms with Crippen molar-refractivity contribution >= 4 is 40.9 Å². The Hall–Kier alpha value is -3.65. The van der Waals surface area contributed by atoms with Gasteiger partial charge in [-0.15, -0.1) is 0 Å². The first-order valence-electron chi connectivity index (χ1n) is 14.2. The number of carboxylic acid groups (broad SMARTS) is 1. The van der Waals surface area contributed by atoms with Gasteiger partial charge >= 0.3 is 12.3 Å². The summed E-state index contributed by atoms with van der Waals surface area (Å²) in [5.74, 6) is -4.50. The molecule has 0 aromatic heterocycles. The minimum Gasteiger partial charge on any atom is -0.465 e. The standard InChI is InChI=1S/C29H33ClF5N5O4/c30-19-5-7-22(23(15-19)40-12-10-39(11-13-40)9-8-29(33,34)35)38-27(42)21-6-4-18(24(31)25(21)32)16-36-26(41)17-2-1-3-20(14-17)37-28(43)44/h4-7,15,17,20,37H,1-3,8-14,16H2,(H,36,41)(H,38,42)(H,43,44). The molecule has 240 valence electrons. The number of halogens is 6. The molecule has 2 aliphatic rings. The van der Waals surface area contributed by atoms with Gasteiger partial charge in [-0.05, 0) is 43.5 Å². The van der Waals surface area contributed by atoms with E-state index in [1.165, 1.54) is 18.2 Å². The average molecular weight is 646 g/mol. The molecule has 4 rings (SSSR count). The number of carbonyl (C=O) groups excluding carboxylic acids is 2. The Kier molecular flexibility index (Phi) is 10.9. The molecule has 1 saturated carbocycles. The van der Waals surface area contributed by atoms with Crippen molar-refractivity contribution in [3.05, 3.63) is 58.1 Å². The minimum atomic E-state index is -4.25. The lowest BCUT2D eigenvalue weighted by molar-refractivity contribution is -0.138. The van der Waals surface area contributed by atoms with Crippen LogP contribution in [-0.2, 0) is 11.3 Å². The Morgan fingerprint density at radius 2 is 1.73 bits per heavy atom. The highest BCUT2D eigenvalue weighted by Gasteiger charge is 2.30. The Balaban J connectivity index is 1.38. The number of piperazine rings is 1. The van der Waals surface area contributed by atoms with Crippen LogP contribution < -0.4 is 20.9 Å². The fraction of sp³-hybridized carbons (Fsp3) is 0.483. The van der Waals surface area contributed by atoms with E-state index >= 15 is 4.39 Å². The topological polar surface area (TPSA) is 114 Å². The van der Waals surface area contributed by atoms with E-state index in [9.17, 15) is 31.9 Å². The highest BCUT2D eigenvalue weighted by molar-refractivity contribution is 6.31. The van der Waals surface area contributed by atoms with Gasteiger partial charge in [0.1, 0.15) is 0 Å². The maximum absolute atomic E-state index is 15.1. The molecule has 44 heavy (non-hydrogen) atoms. The average Bonchev–Trinajstić information content (AvgIpc) is 2.97. The lowest BCUT2D eigenvalue weighted by Crippen LogP contribution is -2.47.